The van der Waals surface area contributed by atoms with Crippen LogP contribution in [0.15, 0.2) is 271 Å². The molecule has 0 saturated heterocycles. The van der Waals surface area contributed by atoms with Crippen molar-refractivity contribution in [3.05, 3.63) is 267 Å². The molecule has 0 amide bonds. The van der Waals surface area contributed by atoms with Crippen LogP contribution in [0.25, 0.3) is 133 Å². The smallest absolute Gasteiger partial charge is 0.135 e. The van der Waals surface area contributed by atoms with Crippen LogP contribution in [0.3, 0.4) is 0 Å². The number of rotatable bonds is 8. The van der Waals surface area contributed by atoms with Crippen molar-refractivity contribution in [3.8, 4) is 78.7 Å². The van der Waals surface area contributed by atoms with E-state index >= 15 is 0 Å². The van der Waals surface area contributed by atoms with Gasteiger partial charge in [0.1, 0.15) is 11.2 Å². The van der Waals surface area contributed by atoms with Gasteiger partial charge in [-0.15, -0.1) is 0 Å². The van der Waals surface area contributed by atoms with Crippen LogP contribution in [0.5, 0.6) is 0 Å². The van der Waals surface area contributed by atoms with Gasteiger partial charge in [0.15, 0.2) is 0 Å². The number of para-hydroxylation sites is 1. The zero-order valence-corrected chi connectivity index (χ0v) is 38.7. The molecule has 0 atom stereocenters. The third-order valence-corrected chi connectivity index (χ3v) is 14.3. The number of nitrogens with zero attached hydrogens (tertiary/aromatic N) is 2. The largest absolute Gasteiger partial charge is 0.456 e. The summed E-state index contributed by atoms with van der Waals surface area (Å²) in [5.41, 5.74) is 17.8. The van der Waals surface area contributed by atoms with Gasteiger partial charge in [-0.1, -0.05) is 194 Å². The van der Waals surface area contributed by atoms with E-state index in [1.54, 1.807) is 0 Å². The molecule has 0 N–H and O–H groups in total. The molecular formula is C68H44N2O. The van der Waals surface area contributed by atoms with Crippen molar-refractivity contribution in [2.75, 3.05) is 0 Å². The van der Waals surface area contributed by atoms with E-state index in [0.29, 0.717) is 0 Å². The first-order chi connectivity index (χ1) is 35.2. The summed E-state index contributed by atoms with van der Waals surface area (Å²) in [4.78, 5) is 0. The summed E-state index contributed by atoms with van der Waals surface area (Å²) >= 11 is 0. The molecule has 0 radical (unpaired) electrons. The van der Waals surface area contributed by atoms with Gasteiger partial charge in [0.25, 0.3) is 0 Å². The Morgan fingerprint density at radius 2 is 0.634 bits per heavy atom. The second-order valence-corrected chi connectivity index (χ2v) is 18.4. The maximum absolute atomic E-state index is 6.46. The molecule has 11 aromatic carbocycles. The van der Waals surface area contributed by atoms with Gasteiger partial charge in [-0.05, 0) is 150 Å². The predicted octanol–water partition coefficient (Wildman–Crippen LogP) is 18.6. The Balaban J connectivity index is 1.12. The summed E-state index contributed by atoms with van der Waals surface area (Å²) in [6.45, 7) is 0. The summed E-state index contributed by atoms with van der Waals surface area (Å²) in [6, 6.07) is 97.1. The highest BCUT2D eigenvalue weighted by atomic mass is 16.3. The van der Waals surface area contributed by atoms with E-state index in [2.05, 4.69) is 270 Å². The van der Waals surface area contributed by atoms with Gasteiger partial charge in [-0.2, -0.15) is 0 Å². The van der Waals surface area contributed by atoms with E-state index in [9.17, 15) is 0 Å². The van der Waals surface area contributed by atoms with Crippen LogP contribution < -0.4 is 0 Å². The molecule has 3 aromatic heterocycles. The van der Waals surface area contributed by atoms with Gasteiger partial charge in [-0.25, -0.2) is 0 Å². The molecule has 0 fully saturated rings. The van der Waals surface area contributed by atoms with Crippen LogP contribution in [0.1, 0.15) is 0 Å². The number of hydrogen-bond acceptors (Lipinski definition) is 1. The molecule has 332 valence electrons. The minimum atomic E-state index is 0.876. The Bertz CT molecular complexity index is 4200. The van der Waals surface area contributed by atoms with Crippen molar-refractivity contribution in [1.29, 1.82) is 0 Å². The topological polar surface area (TPSA) is 23.0 Å². The molecule has 3 heteroatoms. The zero-order valence-electron chi connectivity index (χ0n) is 38.7. The Morgan fingerprint density at radius 3 is 1.14 bits per heavy atom. The van der Waals surface area contributed by atoms with Crippen LogP contribution in [-0.2, 0) is 0 Å². The number of fused-ring (bicyclic) bond motifs is 6. The lowest BCUT2D eigenvalue weighted by molar-refractivity contribution is 0.669. The van der Waals surface area contributed by atoms with Crippen LogP contribution in [0.4, 0.5) is 0 Å². The molecule has 14 rings (SSSR count). The first-order valence-corrected chi connectivity index (χ1v) is 24.3. The fourth-order valence-corrected chi connectivity index (χ4v) is 11.1. The third-order valence-electron chi connectivity index (χ3n) is 14.3. The highest BCUT2D eigenvalue weighted by molar-refractivity contribution is 6.23. The van der Waals surface area contributed by atoms with Crippen molar-refractivity contribution in [3.63, 3.8) is 0 Å². The molecule has 0 spiro atoms. The number of benzene rings is 11. The molecular weight excluding hydrogens is 861 g/mol. The van der Waals surface area contributed by atoms with E-state index in [-0.39, 0.29) is 0 Å². The molecule has 0 bridgehead atoms. The Kier molecular flexibility index (Phi) is 9.53. The summed E-state index contributed by atoms with van der Waals surface area (Å²) in [5.74, 6) is 0. The molecule has 0 aliphatic heterocycles. The number of furan rings is 1. The van der Waals surface area contributed by atoms with Crippen molar-refractivity contribution < 1.29 is 4.42 Å². The lowest BCUT2D eigenvalue weighted by Gasteiger charge is -2.22. The molecule has 3 heterocycles. The van der Waals surface area contributed by atoms with Crippen molar-refractivity contribution in [1.82, 2.24) is 9.13 Å². The normalized spacial score (nSPS) is 11.7. The predicted molar refractivity (Wildman–Crippen MR) is 298 cm³/mol. The molecule has 71 heavy (non-hydrogen) atoms. The Morgan fingerprint density at radius 1 is 0.225 bits per heavy atom. The second kappa shape index (κ2) is 16.7. The summed E-state index contributed by atoms with van der Waals surface area (Å²) in [5, 5.41) is 9.31. The maximum atomic E-state index is 6.46. The molecule has 0 saturated carbocycles. The maximum Gasteiger partial charge on any atom is 0.135 e. The quantitative estimate of drug-likeness (QED) is 0.139. The van der Waals surface area contributed by atoms with Crippen LogP contribution in [0, 0.1) is 0 Å². The van der Waals surface area contributed by atoms with E-state index in [1.165, 1.54) is 49.0 Å². The SMILES string of the molecule is c1ccc(-c2ccc(-c3ccccc3)n2-c2ccc3c(-c4ccc5oc6ccccc6c5c4)c4cc(-n5c(-c6ccccc6)ccc5-c5ccccc5)ccc4c(-c4ccc5ccccc5c4)c3c2)cc1. The van der Waals surface area contributed by atoms with Crippen molar-refractivity contribution >= 4 is 54.3 Å². The molecule has 0 unspecified atom stereocenters. The van der Waals surface area contributed by atoms with Gasteiger partial charge in [0.05, 0.1) is 22.8 Å². The highest BCUT2D eigenvalue weighted by Crippen LogP contribution is 2.48. The zero-order chi connectivity index (χ0) is 46.8. The fourth-order valence-electron chi connectivity index (χ4n) is 11.1. The standard InChI is InChI=1S/C68H44N2O/c1-5-18-46(19-6-1)61-36-37-62(47-20-7-2-8-21-47)69(61)53-33-35-57-59(43-53)67(51-30-29-45-17-13-14-26-50(45)41-51)56-34-32-54(70-63(48-22-9-3-10-23-48)38-39-64(70)49-24-11-4-12-25-49)44-60(56)68(57)52-31-40-66-58(42-52)55-27-15-16-28-65(55)71-66/h1-44H. The summed E-state index contributed by atoms with van der Waals surface area (Å²) < 4.78 is 11.3. The van der Waals surface area contributed by atoms with Crippen LogP contribution in [-0.4, -0.2) is 9.13 Å². The second-order valence-electron chi connectivity index (χ2n) is 18.4. The molecule has 3 nitrogen and oxygen atoms in total. The first-order valence-electron chi connectivity index (χ1n) is 24.3. The average Bonchev–Trinajstić information content (AvgIpc) is 4.19. The minimum Gasteiger partial charge on any atom is -0.456 e. The van der Waals surface area contributed by atoms with Gasteiger partial charge in [0, 0.05) is 22.1 Å². The van der Waals surface area contributed by atoms with Gasteiger partial charge in [-0.3, -0.25) is 0 Å². The summed E-state index contributed by atoms with van der Waals surface area (Å²) in [6.07, 6.45) is 0. The minimum absolute atomic E-state index is 0.876. The Hall–Kier alpha value is -9.44. The van der Waals surface area contributed by atoms with E-state index < -0.39 is 0 Å². The third kappa shape index (κ3) is 6.82. The van der Waals surface area contributed by atoms with Gasteiger partial charge >= 0.3 is 0 Å². The van der Waals surface area contributed by atoms with E-state index in [4.69, 9.17) is 4.42 Å². The monoisotopic (exact) mass is 904 g/mol. The van der Waals surface area contributed by atoms with Gasteiger partial charge < -0.3 is 13.6 Å². The molecule has 14 aromatic rings. The van der Waals surface area contributed by atoms with Crippen molar-refractivity contribution in [2.45, 2.75) is 0 Å². The average molecular weight is 905 g/mol. The number of aromatic nitrogens is 2. The van der Waals surface area contributed by atoms with Crippen molar-refractivity contribution in [2.24, 2.45) is 0 Å². The lowest BCUT2D eigenvalue weighted by atomic mass is 9.84. The number of hydrogen-bond donors (Lipinski definition) is 0. The summed E-state index contributed by atoms with van der Waals surface area (Å²) in [7, 11) is 0. The Labute approximate surface area is 411 Å². The molecule has 0 aliphatic rings. The fraction of sp³-hybridized carbons (Fsp3) is 0. The van der Waals surface area contributed by atoms with E-state index in [1.807, 2.05) is 6.07 Å². The van der Waals surface area contributed by atoms with E-state index in [0.717, 1.165) is 83.9 Å². The van der Waals surface area contributed by atoms with Crippen LogP contribution in [0.2, 0.25) is 0 Å². The molecule has 0 aliphatic carbocycles. The lowest BCUT2D eigenvalue weighted by Crippen LogP contribution is -2.02. The highest BCUT2D eigenvalue weighted by Gasteiger charge is 2.23. The first kappa shape index (κ1) is 40.6. The van der Waals surface area contributed by atoms with Crippen LogP contribution >= 0.6 is 0 Å². The van der Waals surface area contributed by atoms with Gasteiger partial charge in [0.2, 0.25) is 0 Å².